The van der Waals surface area contributed by atoms with Crippen LogP contribution in [0.4, 0.5) is 0 Å². The number of benzene rings is 2. The van der Waals surface area contributed by atoms with Gasteiger partial charge in [0.2, 0.25) is 0 Å². The first-order chi connectivity index (χ1) is 14.7. The fourth-order valence-electron chi connectivity index (χ4n) is 3.63. The molecule has 1 atom stereocenters. The first-order valence-electron chi connectivity index (χ1n) is 10.1. The van der Waals surface area contributed by atoms with Crippen molar-refractivity contribution in [2.75, 3.05) is 13.2 Å². The van der Waals surface area contributed by atoms with Crippen molar-refractivity contribution in [3.8, 4) is 11.8 Å². The van der Waals surface area contributed by atoms with Crippen LogP contribution in [0.15, 0.2) is 75.9 Å². The van der Waals surface area contributed by atoms with Crippen molar-refractivity contribution < 1.29 is 4.74 Å². The van der Waals surface area contributed by atoms with Crippen LogP contribution in [0.1, 0.15) is 42.7 Å². The Morgan fingerprint density at radius 2 is 1.93 bits per heavy atom. The number of para-hydroxylation sites is 1. The number of nitrogens with zero attached hydrogens (tertiary/aromatic N) is 3. The molecule has 5 nitrogen and oxygen atoms in total. The van der Waals surface area contributed by atoms with Gasteiger partial charge in [-0.2, -0.15) is 5.26 Å². The molecule has 1 unspecified atom stereocenters. The number of rotatable bonds is 9. The summed E-state index contributed by atoms with van der Waals surface area (Å²) in [6, 6.07) is 19.7. The van der Waals surface area contributed by atoms with Crippen molar-refractivity contribution in [1.29, 1.82) is 5.26 Å². The molecule has 2 aromatic rings. The molecule has 0 spiro atoms. The molecule has 0 saturated carbocycles. The smallest absolute Gasteiger partial charge is 0.137 e. The fourth-order valence-corrected chi connectivity index (χ4v) is 3.73. The molecule has 30 heavy (non-hydrogen) atoms. The SMILES string of the molecule is N#Cc1ccccc1OCCCCN=C(N)C1=C(N=CCl)C(c2ccccc2)CC1. The van der Waals surface area contributed by atoms with E-state index in [0.29, 0.717) is 30.3 Å². The van der Waals surface area contributed by atoms with Crippen LogP contribution < -0.4 is 10.5 Å². The van der Waals surface area contributed by atoms with Crippen molar-refractivity contribution in [1.82, 2.24) is 0 Å². The van der Waals surface area contributed by atoms with E-state index in [-0.39, 0.29) is 5.92 Å². The molecule has 0 bridgehead atoms. The van der Waals surface area contributed by atoms with Crippen molar-refractivity contribution in [2.24, 2.45) is 15.7 Å². The molecular weight excluding hydrogens is 396 g/mol. The molecular formula is C24H25ClN4O. The summed E-state index contributed by atoms with van der Waals surface area (Å²) in [5, 5.41) is 9.09. The lowest BCUT2D eigenvalue weighted by molar-refractivity contribution is 0.307. The van der Waals surface area contributed by atoms with E-state index in [1.807, 2.05) is 36.4 Å². The number of halogens is 1. The van der Waals surface area contributed by atoms with Crippen molar-refractivity contribution in [3.63, 3.8) is 0 Å². The monoisotopic (exact) mass is 420 g/mol. The van der Waals surface area contributed by atoms with Crippen LogP contribution in [0.25, 0.3) is 0 Å². The van der Waals surface area contributed by atoms with Gasteiger partial charge in [0.05, 0.1) is 23.5 Å². The summed E-state index contributed by atoms with van der Waals surface area (Å²) in [5.74, 6) is 1.36. The number of aliphatic imine (C=N–C) groups is 2. The molecule has 6 heteroatoms. The van der Waals surface area contributed by atoms with Gasteiger partial charge in [0.15, 0.2) is 0 Å². The highest BCUT2D eigenvalue weighted by Gasteiger charge is 2.28. The number of hydrogen-bond acceptors (Lipinski definition) is 4. The molecule has 0 aliphatic heterocycles. The Balaban J connectivity index is 1.55. The van der Waals surface area contributed by atoms with E-state index in [2.05, 4.69) is 28.2 Å². The Morgan fingerprint density at radius 3 is 2.70 bits per heavy atom. The second kappa shape index (κ2) is 11.2. The largest absolute Gasteiger partial charge is 0.492 e. The molecule has 0 radical (unpaired) electrons. The second-order valence-electron chi connectivity index (χ2n) is 7.02. The molecule has 3 rings (SSSR count). The van der Waals surface area contributed by atoms with Crippen LogP contribution in [0, 0.1) is 11.3 Å². The summed E-state index contributed by atoms with van der Waals surface area (Å²) in [5.41, 5.74) is 11.3. The van der Waals surface area contributed by atoms with Gasteiger partial charge in [-0.3, -0.25) is 4.99 Å². The number of amidine groups is 1. The zero-order chi connectivity index (χ0) is 21.2. The number of unbranched alkanes of at least 4 members (excludes halogenated alkanes) is 1. The highest BCUT2D eigenvalue weighted by atomic mass is 35.5. The number of ether oxygens (including phenoxy) is 1. The maximum absolute atomic E-state index is 9.09. The van der Waals surface area contributed by atoms with Gasteiger partial charge in [-0.05, 0) is 43.4 Å². The Bertz CT molecular complexity index is 976. The predicted molar refractivity (Wildman–Crippen MR) is 122 cm³/mol. The van der Waals surface area contributed by atoms with Crippen LogP contribution >= 0.6 is 11.6 Å². The van der Waals surface area contributed by atoms with Gasteiger partial charge in [-0.1, -0.05) is 54.1 Å². The highest BCUT2D eigenvalue weighted by molar-refractivity contribution is 6.56. The molecule has 0 aromatic heterocycles. The minimum Gasteiger partial charge on any atom is -0.492 e. The van der Waals surface area contributed by atoms with Gasteiger partial charge >= 0.3 is 0 Å². The van der Waals surface area contributed by atoms with Crippen LogP contribution in [-0.2, 0) is 0 Å². The number of nitriles is 1. The Morgan fingerprint density at radius 1 is 1.17 bits per heavy atom. The Hall–Kier alpha value is -3.10. The normalized spacial score (nSPS) is 16.8. The summed E-state index contributed by atoms with van der Waals surface area (Å²) >= 11 is 5.80. The second-order valence-corrected chi connectivity index (χ2v) is 7.22. The van der Waals surface area contributed by atoms with Crippen molar-refractivity contribution in [3.05, 3.63) is 77.0 Å². The van der Waals surface area contributed by atoms with Gasteiger partial charge in [-0.15, -0.1) is 0 Å². The topological polar surface area (TPSA) is 83.8 Å². The number of nitrogens with two attached hydrogens (primary N) is 1. The van der Waals surface area contributed by atoms with Crippen LogP contribution in [0.3, 0.4) is 0 Å². The lowest BCUT2D eigenvalue weighted by Crippen LogP contribution is -2.16. The third-order valence-corrected chi connectivity index (χ3v) is 5.22. The third kappa shape index (κ3) is 5.49. The Labute approximate surface area is 182 Å². The maximum Gasteiger partial charge on any atom is 0.137 e. The zero-order valence-electron chi connectivity index (χ0n) is 16.8. The molecule has 0 saturated heterocycles. The van der Waals surface area contributed by atoms with Crippen LogP contribution in [-0.4, -0.2) is 24.7 Å². The third-order valence-electron chi connectivity index (χ3n) is 5.12. The summed E-state index contributed by atoms with van der Waals surface area (Å²) in [7, 11) is 0. The number of allylic oxidation sites excluding steroid dienone is 1. The molecule has 0 heterocycles. The molecule has 0 amide bonds. The summed E-state index contributed by atoms with van der Waals surface area (Å²) in [4.78, 5) is 8.96. The Kier molecular flexibility index (Phi) is 8.05. The van der Waals surface area contributed by atoms with Crippen molar-refractivity contribution >= 4 is 23.1 Å². The van der Waals surface area contributed by atoms with E-state index in [4.69, 9.17) is 27.3 Å². The average Bonchev–Trinajstić information content (AvgIpc) is 3.21. The summed E-state index contributed by atoms with van der Waals surface area (Å²) < 4.78 is 5.70. The summed E-state index contributed by atoms with van der Waals surface area (Å²) in [6.45, 7) is 1.15. The van der Waals surface area contributed by atoms with Gasteiger partial charge in [0, 0.05) is 18.0 Å². The van der Waals surface area contributed by atoms with E-state index in [1.54, 1.807) is 6.07 Å². The van der Waals surface area contributed by atoms with E-state index in [9.17, 15) is 0 Å². The molecule has 2 N–H and O–H groups in total. The number of hydrogen-bond donors (Lipinski definition) is 1. The van der Waals surface area contributed by atoms with Gasteiger partial charge in [0.1, 0.15) is 17.7 Å². The first-order valence-corrected chi connectivity index (χ1v) is 10.5. The van der Waals surface area contributed by atoms with Crippen molar-refractivity contribution in [2.45, 2.75) is 31.6 Å². The fraction of sp³-hybridized carbons (Fsp3) is 0.292. The molecule has 1 aliphatic rings. The average molecular weight is 421 g/mol. The zero-order valence-corrected chi connectivity index (χ0v) is 17.6. The maximum atomic E-state index is 9.09. The molecule has 2 aromatic carbocycles. The standard InChI is InChI=1S/C24H25ClN4O/c25-17-29-23-20(18-8-2-1-3-9-18)12-13-21(23)24(27)28-14-6-7-15-30-22-11-5-4-10-19(22)16-26/h1-5,8-11,17,20H,6-7,12-15H2,(H2,27,28). The van der Waals surface area contributed by atoms with E-state index >= 15 is 0 Å². The lowest BCUT2D eigenvalue weighted by Gasteiger charge is -2.12. The lowest BCUT2D eigenvalue weighted by atomic mass is 9.96. The van der Waals surface area contributed by atoms with Gasteiger partial charge in [-0.25, -0.2) is 4.99 Å². The summed E-state index contributed by atoms with van der Waals surface area (Å²) in [6.07, 6.45) is 3.46. The van der Waals surface area contributed by atoms with Gasteiger partial charge in [0.25, 0.3) is 0 Å². The van der Waals surface area contributed by atoms with E-state index in [1.165, 1.54) is 11.2 Å². The minimum absolute atomic E-state index is 0.193. The highest BCUT2D eigenvalue weighted by Crippen LogP contribution is 2.40. The molecule has 1 aliphatic carbocycles. The molecule has 0 fully saturated rings. The van der Waals surface area contributed by atoms with Crippen LogP contribution in [0.2, 0.25) is 0 Å². The molecule has 154 valence electrons. The van der Waals surface area contributed by atoms with Gasteiger partial charge < -0.3 is 10.5 Å². The van der Waals surface area contributed by atoms with Crippen LogP contribution in [0.5, 0.6) is 5.75 Å². The van der Waals surface area contributed by atoms with E-state index < -0.39 is 0 Å². The quantitative estimate of drug-likeness (QED) is 0.345. The van der Waals surface area contributed by atoms with E-state index in [0.717, 1.165) is 37.0 Å². The minimum atomic E-state index is 0.193. The predicted octanol–water partition coefficient (Wildman–Crippen LogP) is 5.17. The first kappa shape index (κ1) is 21.6.